The van der Waals surface area contributed by atoms with Gasteiger partial charge in [-0.05, 0) is 55.5 Å². The van der Waals surface area contributed by atoms with Crippen LogP contribution in [0.15, 0.2) is 77.7 Å². The molecule has 0 aliphatic carbocycles. The Hall–Kier alpha value is -4.13. The number of anilines is 2. The Labute approximate surface area is 246 Å². The average Bonchev–Trinajstić information content (AvgIpc) is 2.99. The second-order valence-electron chi connectivity index (χ2n) is 10.2. The molecule has 0 spiro atoms. The largest absolute Gasteiger partial charge is 0.497 e. The summed E-state index contributed by atoms with van der Waals surface area (Å²) in [6.07, 6.45) is -0.707. The van der Waals surface area contributed by atoms with Crippen LogP contribution in [0.2, 0.25) is 0 Å². The van der Waals surface area contributed by atoms with E-state index in [9.17, 15) is 23.1 Å². The highest BCUT2D eigenvalue weighted by atomic mass is 32.2. The molecule has 0 fully saturated rings. The van der Waals surface area contributed by atoms with Crippen LogP contribution in [0.25, 0.3) is 0 Å². The smallest absolute Gasteiger partial charge is 0.323 e. The number of hydrogen-bond donors (Lipinski definition) is 3. The number of methoxy groups -OCH3 is 1. The number of nitrogens with zero attached hydrogens (tertiary/aromatic N) is 2. The van der Waals surface area contributed by atoms with Gasteiger partial charge in [0.2, 0.25) is 10.0 Å². The molecule has 0 saturated carbocycles. The van der Waals surface area contributed by atoms with E-state index in [1.807, 2.05) is 6.92 Å². The molecule has 3 aromatic carbocycles. The average molecular weight is 597 g/mol. The third kappa shape index (κ3) is 6.84. The van der Waals surface area contributed by atoms with E-state index in [-0.39, 0.29) is 53.4 Å². The second kappa shape index (κ2) is 13.2. The second-order valence-corrected chi connectivity index (χ2v) is 12.3. The monoisotopic (exact) mass is 596 g/mol. The van der Waals surface area contributed by atoms with Crippen molar-refractivity contribution in [1.82, 2.24) is 9.21 Å². The van der Waals surface area contributed by atoms with Crippen LogP contribution in [-0.2, 0) is 10.0 Å². The number of fused-ring (bicyclic) bond motifs is 1. The molecule has 1 heterocycles. The minimum absolute atomic E-state index is 0.0280. The van der Waals surface area contributed by atoms with Crippen molar-refractivity contribution in [3.8, 4) is 11.5 Å². The number of benzene rings is 3. The first kappa shape index (κ1) is 30.8. The van der Waals surface area contributed by atoms with Gasteiger partial charge in [-0.1, -0.05) is 31.2 Å². The molecule has 3 aromatic rings. The van der Waals surface area contributed by atoms with Gasteiger partial charge in [0.05, 0.1) is 42.4 Å². The van der Waals surface area contributed by atoms with E-state index in [4.69, 9.17) is 9.47 Å². The number of amides is 3. The van der Waals surface area contributed by atoms with Crippen LogP contribution in [0.1, 0.15) is 24.2 Å². The number of aliphatic hydroxyl groups is 1. The summed E-state index contributed by atoms with van der Waals surface area (Å²) in [5, 5.41) is 15.4. The van der Waals surface area contributed by atoms with E-state index in [1.165, 1.54) is 23.5 Å². The van der Waals surface area contributed by atoms with Gasteiger partial charge in [-0.15, -0.1) is 0 Å². The summed E-state index contributed by atoms with van der Waals surface area (Å²) in [7, 11) is -0.807. The summed E-state index contributed by atoms with van der Waals surface area (Å²) in [6, 6.07) is 18.6. The van der Waals surface area contributed by atoms with E-state index < -0.39 is 28.2 Å². The molecule has 0 bridgehead atoms. The molecule has 3 atom stereocenters. The fourth-order valence-electron chi connectivity index (χ4n) is 4.64. The number of sulfonamides is 1. The normalized spacial score (nSPS) is 17.9. The van der Waals surface area contributed by atoms with Crippen molar-refractivity contribution < 1.29 is 32.6 Å². The molecule has 4 rings (SSSR count). The number of nitrogens with one attached hydrogen (secondary N) is 2. The van der Waals surface area contributed by atoms with Crippen LogP contribution in [0, 0.1) is 5.92 Å². The minimum Gasteiger partial charge on any atom is -0.497 e. The summed E-state index contributed by atoms with van der Waals surface area (Å²) in [5.74, 6) is 0.0370. The lowest BCUT2D eigenvalue weighted by Gasteiger charge is -2.38. The predicted octanol–water partition coefficient (Wildman–Crippen LogP) is 3.88. The molecule has 0 aromatic heterocycles. The van der Waals surface area contributed by atoms with Gasteiger partial charge in [-0.3, -0.25) is 4.79 Å². The van der Waals surface area contributed by atoms with Gasteiger partial charge in [0.1, 0.15) is 11.9 Å². The Morgan fingerprint density at radius 3 is 2.43 bits per heavy atom. The van der Waals surface area contributed by atoms with Gasteiger partial charge in [0.25, 0.3) is 5.91 Å². The summed E-state index contributed by atoms with van der Waals surface area (Å²) in [4.78, 5) is 28.3. The highest BCUT2D eigenvalue weighted by Gasteiger charge is 2.36. The number of rotatable bonds is 9. The number of hydrogen-bond acceptors (Lipinski definition) is 7. The van der Waals surface area contributed by atoms with E-state index in [1.54, 1.807) is 79.6 Å². The number of urea groups is 1. The molecule has 42 heavy (non-hydrogen) atoms. The van der Waals surface area contributed by atoms with Crippen molar-refractivity contribution in [3.63, 3.8) is 0 Å². The zero-order valence-electron chi connectivity index (χ0n) is 24.0. The number of para-hydroxylation sites is 1. The predicted molar refractivity (Wildman–Crippen MR) is 159 cm³/mol. The first-order chi connectivity index (χ1) is 20.0. The maximum absolute atomic E-state index is 13.7. The van der Waals surface area contributed by atoms with E-state index in [0.29, 0.717) is 11.4 Å². The van der Waals surface area contributed by atoms with Crippen LogP contribution in [0.5, 0.6) is 11.5 Å². The third-order valence-electron chi connectivity index (χ3n) is 7.18. The Balaban J connectivity index is 1.67. The molecular formula is C30H36N4O7S. The molecule has 3 N–H and O–H groups in total. The van der Waals surface area contributed by atoms with Gasteiger partial charge >= 0.3 is 6.03 Å². The lowest BCUT2D eigenvalue weighted by molar-refractivity contribution is 0.0389. The molecule has 11 nitrogen and oxygen atoms in total. The Morgan fingerprint density at radius 1 is 1.10 bits per heavy atom. The molecular weight excluding hydrogens is 560 g/mol. The SMILES string of the molecule is COc1ccc(NC(=O)Nc2cccc3c2O[C@H](CN(C)S(=O)(=O)c2ccccc2)[C@H](C)CN([C@H](C)CO)C3=O)cc1. The van der Waals surface area contributed by atoms with Crippen molar-refractivity contribution in [2.75, 3.05) is 44.5 Å². The van der Waals surface area contributed by atoms with Gasteiger partial charge in [-0.25, -0.2) is 13.2 Å². The number of carbonyl (C=O) groups excluding carboxylic acids is 2. The number of carbonyl (C=O) groups is 2. The highest BCUT2D eigenvalue weighted by Crippen LogP contribution is 2.35. The third-order valence-corrected chi connectivity index (χ3v) is 9.01. The van der Waals surface area contributed by atoms with Crippen LogP contribution < -0.4 is 20.1 Å². The summed E-state index contributed by atoms with van der Waals surface area (Å²) >= 11 is 0. The maximum atomic E-state index is 13.7. The Bertz CT molecular complexity index is 1500. The Morgan fingerprint density at radius 2 is 1.79 bits per heavy atom. The molecule has 3 amide bonds. The lowest BCUT2D eigenvalue weighted by atomic mass is 9.99. The van der Waals surface area contributed by atoms with Crippen molar-refractivity contribution in [2.24, 2.45) is 5.92 Å². The van der Waals surface area contributed by atoms with Crippen LogP contribution in [0.3, 0.4) is 0 Å². The standard InChI is InChI=1S/C30H36N4O7S/c1-20-17-34(21(2)19-35)29(36)25-11-8-12-26(32-30(37)31-22-13-15-23(40-4)16-14-22)28(25)41-27(20)18-33(3)42(38,39)24-9-6-5-7-10-24/h5-16,20-21,27,35H,17-19H2,1-4H3,(H2,31,32,37)/t20-,21-,27-/m1/s1. The van der Waals surface area contributed by atoms with E-state index >= 15 is 0 Å². The molecule has 1 aliphatic rings. The summed E-state index contributed by atoms with van der Waals surface area (Å²) in [5.41, 5.74) is 0.936. The van der Waals surface area contributed by atoms with Gasteiger partial charge < -0.3 is 30.1 Å². The van der Waals surface area contributed by atoms with Crippen molar-refractivity contribution in [2.45, 2.75) is 30.9 Å². The van der Waals surface area contributed by atoms with Crippen LogP contribution >= 0.6 is 0 Å². The molecule has 1 aliphatic heterocycles. The zero-order chi connectivity index (χ0) is 30.4. The van der Waals surface area contributed by atoms with Crippen molar-refractivity contribution in [3.05, 3.63) is 78.4 Å². The summed E-state index contributed by atoms with van der Waals surface area (Å²) in [6.45, 7) is 3.52. The molecule has 0 saturated heterocycles. The van der Waals surface area contributed by atoms with Gasteiger partial charge in [-0.2, -0.15) is 4.31 Å². The van der Waals surface area contributed by atoms with E-state index in [2.05, 4.69) is 10.6 Å². The quantitative estimate of drug-likeness (QED) is 0.341. The molecule has 0 unspecified atom stereocenters. The van der Waals surface area contributed by atoms with Crippen LogP contribution in [-0.4, -0.2) is 80.7 Å². The number of ether oxygens (including phenoxy) is 2. The van der Waals surface area contributed by atoms with Crippen molar-refractivity contribution >= 4 is 33.3 Å². The van der Waals surface area contributed by atoms with Crippen molar-refractivity contribution in [1.29, 1.82) is 0 Å². The first-order valence-corrected chi connectivity index (χ1v) is 14.9. The fraction of sp³-hybridized carbons (Fsp3) is 0.333. The first-order valence-electron chi connectivity index (χ1n) is 13.5. The van der Waals surface area contributed by atoms with Gasteiger partial charge in [0, 0.05) is 25.2 Å². The summed E-state index contributed by atoms with van der Waals surface area (Å²) < 4.78 is 39.4. The van der Waals surface area contributed by atoms with Gasteiger partial charge in [0.15, 0.2) is 5.75 Å². The van der Waals surface area contributed by atoms with Crippen LogP contribution in [0.4, 0.5) is 16.2 Å². The fourth-order valence-corrected chi connectivity index (χ4v) is 5.85. The maximum Gasteiger partial charge on any atom is 0.323 e. The molecule has 12 heteroatoms. The number of likely N-dealkylation sites (N-methyl/N-ethyl adjacent to an activating group) is 1. The number of aliphatic hydroxyl groups excluding tert-OH is 1. The Kier molecular flexibility index (Phi) is 9.71. The molecule has 224 valence electrons. The van der Waals surface area contributed by atoms with E-state index in [0.717, 1.165) is 0 Å². The molecule has 0 radical (unpaired) electrons. The topological polar surface area (TPSA) is 138 Å². The highest BCUT2D eigenvalue weighted by molar-refractivity contribution is 7.89. The lowest BCUT2D eigenvalue weighted by Crippen LogP contribution is -2.50. The minimum atomic E-state index is -3.83. The zero-order valence-corrected chi connectivity index (χ0v) is 24.8.